The van der Waals surface area contributed by atoms with Crippen molar-refractivity contribution < 1.29 is 9.85 Å². The normalized spacial score (nSPS) is 39.8. The molecule has 20 unspecified atom stereocenters. The number of nitrogens with two attached hydrogens (primary N) is 2. The van der Waals surface area contributed by atoms with Crippen LogP contribution in [0.3, 0.4) is 0 Å². The van der Waals surface area contributed by atoms with E-state index in [1.165, 1.54) is 145 Å². The van der Waals surface area contributed by atoms with E-state index in [0.717, 1.165) is 266 Å². The van der Waals surface area contributed by atoms with E-state index in [4.69, 9.17) is 21.4 Å². The molecule has 0 spiro atoms. The summed E-state index contributed by atoms with van der Waals surface area (Å²) in [5, 5.41) is 35.4. The van der Waals surface area contributed by atoms with Gasteiger partial charge >= 0.3 is 0 Å². The average molecular weight is 1840 g/mol. The van der Waals surface area contributed by atoms with Crippen LogP contribution in [0.2, 0.25) is 0 Å². The molecule has 2 saturated heterocycles. The van der Waals surface area contributed by atoms with E-state index < -0.39 is 4.92 Å². The number of non-ortho nitro benzene ring substituents is 1. The molecule has 16 saturated carbocycles. The molecule has 18 heteroatoms. The standard InChI is InChI=1S/C55H58BrN5O5.C55H62BrN5O/c56-43-19-18-39-49-38(43)8-3-9-40(49)55(62)59-46-21-29(60(63)64)20-41-42(45(61(65)66)22-44(53(41)46)57-54(39)59)25-58-23-27-10-12-32-36-16-14-34-30-6-1-4-26-5-2-7-31(48(26)30)35-15-17-37(52(36)51(34)35)33-13-11-28(24-58)47(27)50(32)33;56-43-19-18-39-49-38(43)8-3-9-40(49)55(62)61-46-21-29(57)20-41-42(44(58)22-45(53(41)46)59-54(39)61)25-60-23-27-10-12-32-36-16-14-34-30-6-1-4-26-5-2-7-31(48(26)30)35-15-17-37(52(36)51(34)35)33-13-11-28(24-60)47(27)50(32)33/h3,8-9,18-22,26-28,30-37,47-48,50-52H,1-2,4-7,10-17,23-25H2;3,8-9,18-22,26-28,30-37,47-48,50-52H,1-2,4-7,10-17,23-25,57-58H2. The Labute approximate surface area is 763 Å². The fraction of sp³-hybridized carbons (Fsp3) is 0.600. The lowest BCUT2D eigenvalue weighted by Crippen LogP contribution is -2.66. The second-order valence-corrected chi connectivity index (χ2v) is 48.4. The molecule has 8 aromatic carbocycles. The smallest absolute Gasteiger partial charge is 0.276 e. The van der Waals surface area contributed by atoms with Gasteiger partial charge in [0.1, 0.15) is 11.3 Å². The summed E-state index contributed by atoms with van der Waals surface area (Å²) in [5.41, 5.74) is 19.8. The summed E-state index contributed by atoms with van der Waals surface area (Å²) in [7, 11) is 0. The predicted octanol–water partition coefficient (Wildman–Crippen LogP) is 24.5. The van der Waals surface area contributed by atoms with Gasteiger partial charge in [0.25, 0.3) is 22.5 Å². The quantitative estimate of drug-likeness (QED) is 0.0523. The fourth-order valence-corrected chi connectivity index (χ4v) is 41.2. The number of pyridine rings is 2. The number of aromatic nitrogens is 4. The number of nitro groups is 2. The van der Waals surface area contributed by atoms with Crippen molar-refractivity contribution >= 4 is 153 Å². The first kappa shape index (κ1) is 77.9. The van der Waals surface area contributed by atoms with Gasteiger partial charge < -0.3 is 11.5 Å². The van der Waals surface area contributed by atoms with Crippen LogP contribution in [-0.4, -0.2) is 64.6 Å². The van der Waals surface area contributed by atoms with Crippen molar-refractivity contribution in [1.29, 1.82) is 0 Å². The highest BCUT2D eigenvalue weighted by atomic mass is 79.9. The van der Waals surface area contributed by atoms with Gasteiger partial charge in [0.2, 0.25) is 0 Å². The third kappa shape index (κ3) is 10.7. The summed E-state index contributed by atoms with van der Waals surface area (Å²) in [4.78, 5) is 69.9. The van der Waals surface area contributed by atoms with Gasteiger partial charge in [-0.05, 0) is 394 Å². The van der Waals surface area contributed by atoms with Gasteiger partial charge in [-0.1, -0.05) is 107 Å². The zero-order valence-corrected chi connectivity index (χ0v) is 76.9. The van der Waals surface area contributed by atoms with Crippen molar-refractivity contribution in [1.82, 2.24) is 28.6 Å². The van der Waals surface area contributed by atoms with Crippen molar-refractivity contribution in [2.24, 2.45) is 189 Å². The second kappa shape index (κ2) is 28.5. The highest BCUT2D eigenvalue weighted by Gasteiger charge is 2.70. The molecular weight excluding hydrogens is 1720 g/mol. The van der Waals surface area contributed by atoms with Crippen molar-refractivity contribution in [2.45, 2.75) is 193 Å². The zero-order valence-electron chi connectivity index (χ0n) is 73.7. The largest absolute Gasteiger partial charge is 0.399 e. The summed E-state index contributed by atoms with van der Waals surface area (Å²) in [6.45, 7) is 5.38. The molecule has 2 aliphatic heterocycles. The van der Waals surface area contributed by atoms with E-state index in [9.17, 15) is 29.8 Å². The molecule has 30 rings (SSSR count). The maximum Gasteiger partial charge on any atom is 0.276 e. The molecule has 0 bridgehead atoms. The van der Waals surface area contributed by atoms with Crippen LogP contribution in [-0.2, 0) is 13.1 Å². The Morgan fingerprint density at radius 2 is 0.688 bits per heavy atom. The molecule has 20 atom stereocenters. The van der Waals surface area contributed by atoms with E-state index >= 15 is 0 Å². The van der Waals surface area contributed by atoms with Crippen LogP contribution in [0.25, 0.3) is 98.0 Å². The van der Waals surface area contributed by atoms with Gasteiger partial charge in [-0.25, -0.2) is 9.97 Å². The number of rotatable bonds is 6. The van der Waals surface area contributed by atoms with Gasteiger partial charge in [-0.3, -0.25) is 48.4 Å². The van der Waals surface area contributed by atoms with Gasteiger partial charge in [-0.15, -0.1) is 0 Å². The minimum absolute atomic E-state index is 0.0572. The maximum absolute atomic E-state index is 14.6. The van der Waals surface area contributed by atoms with Gasteiger partial charge in [0.05, 0.1) is 37.5 Å². The lowest BCUT2D eigenvalue weighted by Gasteiger charge is -2.71. The molecular formula is C110H120Br2N10O6. The molecule has 16 nitrogen and oxygen atoms in total. The summed E-state index contributed by atoms with van der Waals surface area (Å²) in [6.07, 6.45) is 41.9. The van der Waals surface area contributed by atoms with E-state index in [1.54, 1.807) is 76.3 Å². The topological polar surface area (TPSA) is 214 Å². The number of nitrogens with zero attached hydrogens (tertiary/aromatic N) is 8. The van der Waals surface area contributed by atoms with Crippen LogP contribution in [0, 0.1) is 210 Å². The Morgan fingerprint density at radius 1 is 0.336 bits per heavy atom. The lowest BCUT2D eigenvalue weighted by atomic mass is 9.34. The average Bonchev–Trinajstić information content (AvgIpc) is 0.698. The molecule has 6 heterocycles. The minimum atomic E-state index is -0.438. The minimum Gasteiger partial charge on any atom is -0.399 e. The molecule has 0 amide bonds. The van der Waals surface area contributed by atoms with Crippen molar-refractivity contribution in [3.05, 3.63) is 158 Å². The molecule has 18 fully saturated rings. The number of piperidine rings is 2. The number of likely N-dealkylation sites (tertiary alicyclic amines) is 2. The Bertz CT molecular complexity index is 6770. The first-order valence-corrected chi connectivity index (χ1v) is 53.0. The van der Waals surface area contributed by atoms with Crippen LogP contribution in [0.1, 0.15) is 191 Å². The number of fused-ring (bicyclic) bond motifs is 14. The molecule has 4 aromatic heterocycles. The Balaban J connectivity index is 0.000000127. The van der Waals surface area contributed by atoms with Crippen molar-refractivity contribution in [3.8, 4) is 0 Å². The molecule has 16 aliphatic carbocycles. The number of hydrogen-bond acceptors (Lipinski definition) is 12. The first-order chi connectivity index (χ1) is 62.6. The zero-order chi connectivity index (χ0) is 84.9. The number of anilines is 2. The summed E-state index contributed by atoms with van der Waals surface area (Å²) < 4.78 is 5.13. The lowest BCUT2D eigenvalue weighted by molar-refractivity contribution is -0.385. The molecule has 18 aliphatic rings. The van der Waals surface area contributed by atoms with Crippen LogP contribution >= 0.6 is 31.9 Å². The van der Waals surface area contributed by atoms with Crippen LogP contribution < -0.4 is 22.6 Å². The maximum atomic E-state index is 14.6. The summed E-state index contributed by atoms with van der Waals surface area (Å²) in [6, 6.07) is 30.2. The SMILES string of the molecule is Nc1cc2c(CN3CC4CCC5C6CCC7C8CCCC9CCCC(C%10CCC(C%11CCC(C3)C4C5%11)C6C7%10)C98)c(N)cc3nc4c5ccc(Br)c6cccc(c(=O)n4c(c1)c32)c65.O=c1c2cccc3c(Br)ccc(c32)c2nc3cc([N+](=O)[O-])c(CN4CC5CCC6C7CCC8C9CCCC%10CCCC(C%11CCC(C%12CCC(C4)C5C6%12)C7C8%11)C%109)c4cc([N+](=O)[O-])cc(c34)n12. The number of halogens is 2. The monoisotopic (exact) mass is 1830 g/mol. The van der Waals surface area contributed by atoms with Crippen molar-refractivity contribution in [2.75, 3.05) is 37.6 Å². The molecule has 4 N–H and O–H groups in total. The Morgan fingerprint density at radius 3 is 1.09 bits per heavy atom. The molecule has 12 aromatic rings. The number of nitrogen functional groups attached to an aromatic ring is 2. The molecule has 0 radical (unpaired) electrons. The fourth-order valence-electron chi connectivity index (χ4n) is 40.3. The van der Waals surface area contributed by atoms with E-state index in [-0.39, 0.29) is 27.4 Å². The Kier molecular flexibility index (Phi) is 17.3. The molecule has 128 heavy (non-hydrogen) atoms. The predicted molar refractivity (Wildman–Crippen MR) is 514 cm³/mol. The summed E-state index contributed by atoms with van der Waals surface area (Å²) in [5.74, 6) is 30.8. The van der Waals surface area contributed by atoms with Crippen LogP contribution in [0.5, 0.6) is 0 Å². The van der Waals surface area contributed by atoms with Gasteiger partial charge in [0, 0.05) is 126 Å². The first-order valence-electron chi connectivity index (χ1n) is 51.4. The van der Waals surface area contributed by atoms with Crippen molar-refractivity contribution in [3.63, 3.8) is 0 Å². The van der Waals surface area contributed by atoms with Gasteiger partial charge in [0.15, 0.2) is 0 Å². The highest BCUT2D eigenvalue weighted by molar-refractivity contribution is 9.11. The van der Waals surface area contributed by atoms with E-state index in [1.807, 2.05) is 46.9 Å². The van der Waals surface area contributed by atoms with Crippen LogP contribution in [0.15, 0.2) is 116 Å². The summed E-state index contributed by atoms with van der Waals surface area (Å²) >= 11 is 7.38. The van der Waals surface area contributed by atoms with E-state index in [0.29, 0.717) is 78.9 Å². The molecule has 660 valence electrons. The highest BCUT2D eigenvalue weighted by Crippen LogP contribution is 2.76. The number of benzene rings is 8. The van der Waals surface area contributed by atoms with E-state index in [2.05, 4.69) is 72.0 Å². The number of hydrogen-bond donors (Lipinski definition) is 2. The Hall–Kier alpha value is -7.64. The third-order valence-corrected chi connectivity index (χ3v) is 44.5. The third-order valence-electron chi connectivity index (χ3n) is 43.1. The second-order valence-electron chi connectivity index (χ2n) is 46.7. The van der Waals surface area contributed by atoms with Gasteiger partial charge in [-0.2, -0.15) is 0 Å². The van der Waals surface area contributed by atoms with Crippen LogP contribution in [0.4, 0.5) is 22.7 Å². The number of nitro benzene ring substituents is 2.